The van der Waals surface area contributed by atoms with Gasteiger partial charge in [0, 0.05) is 12.1 Å². The van der Waals surface area contributed by atoms with Gasteiger partial charge in [-0.25, -0.2) is 4.57 Å². The summed E-state index contributed by atoms with van der Waals surface area (Å²) < 4.78 is 2.00. The maximum Gasteiger partial charge on any atom is 0.283 e. The van der Waals surface area contributed by atoms with Gasteiger partial charge in [-0.1, -0.05) is 6.07 Å². The quantitative estimate of drug-likeness (QED) is 0.463. The largest absolute Gasteiger partial charge is 0.863 e. The smallest absolute Gasteiger partial charge is 0.283 e. The highest BCUT2D eigenvalue weighted by Crippen LogP contribution is 2.36. The lowest BCUT2D eigenvalue weighted by atomic mass is 10.2. The number of nitro groups is 3. The molecule has 0 aliphatic rings. The number of hydrogen-bond donors (Lipinski definition) is 0. The number of pyridine rings is 1. The number of benzene rings is 1. The first kappa shape index (κ1) is 17.4. The summed E-state index contributed by atoms with van der Waals surface area (Å²) in [7, 11) is 2.00. The van der Waals surface area contributed by atoms with Crippen LogP contribution in [0.3, 0.4) is 0 Å². The fourth-order valence-corrected chi connectivity index (χ4v) is 1.45. The minimum absolute atomic E-state index is 0.384. The van der Waals surface area contributed by atoms with Crippen LogP contribution in [0.25, 0.3) is 0 Å². The molecule has 0 aliphatic heterocycles. The Bertz CT molecular complexity index is 713. The van der Waals surface area contributed by atoms with Crippen LogP contribution in [0.15, 0.2) is 42.7 Å². The SMILES string of the molecule is C[n+]1ccccc1.O=[N+]([O-])c1cc([N+](=O)[O-])c([O-])c([N+](=O)[O-])c1. The Kier molecular flexibility index (Phi) is 5.60. The maximum absolute atomic E-state index is 11.1. The summed E-state index contributed by atoms with van der Waals surface area (Å²) in [6, 6.07) is 6.77. The molecule has 23 heavy (non-hydrogen) atoms. The number of non-ortho nitro benzene ring substituents is 1. The maximum atomic E-state index is 11.1. The van der Waals surface area contributed by atoms with E-state index in [9.17, 15) is 35.4 Å². The highest BCUT2D eigenvalue weighted by molar-refractivity contribution is 5.63. The molecular weight excluding hydrogens is 312 g/mol. The van der Waals surface area contributed by atoms with Gasteiger partial charge in [-0.05, 0) is 0 Å². The summed E-state index contributed by atoms with van der Waals surface area (Å²) in [6.45, 7) is 0. The first-order chi connectivity index (χ1) is 10.7. The van der Waals surface area contributed by atoms with E-state index < -0.39 is 37.6 Å². The summed E-state index contributed by atoms with van der Waals surface area (Å²) in [5.74, 6) is -1.46. The van der Waals surface area contributed by atoms with Crippen LogP contribution in [0.2, 0.25) is 0 Å². The predicted molar refractivity (Wildman–Crippen MR) is 73.5 cm³/mol. The van der Waals surface area contributed by atoms with Crippen LogP contribution in [-0.4, -0.2) is 14.8 Å². The van der Waals surface area contributed by atoms with Gasteiger partial charge in [0.05, 0.1) is 32.7 Å². The molecule has 1 aromatic carbocycles. The number of hydrogen-bond acceptors (Lipinski definition) is 7. The molecule has 0 saturated carbocycles. The van der Waals surface area contributed by atoms with Crippen LogP contribution in [0, 0.1) is 30.3 Å². The van der Waals surface area contributed by atoms with Crippen molar-refractivity contribution >= 4 is 17.1 Å². The summed E-state index contributed by atoms with van der Waals surface area (Å²) in [4.78, 5) is 27.5. The van der Waals surface area contributed by atoms with Crippen LogP contribution in [-0.2, 0) is 7.05 Å². The molecule has 0 saturated heterocycles. The third-order valence-corrected chi connectivity index (χ3v) is 2.50. The van der Waals surface area contributed by atoms with E-state index in [0.29, 0.717) is 12.1 Å². The van der Waals surface area contributed by atoms with Crippen molar-refractivity contribution in [2.24, 2.45) is 7.05 Å². The number of aromatic nitrogens is 1. The van der Waals surface area contributed by atoms with Crippen molar-refractivity contribution in [3.8, 4) is 5.75 Å². The zero-order chi connectivity index (χ0) is 17.6. The first-order valence-corrected chi connectivity index (χ1v) is 5.92. The molecule has 0 radical (unpaired) electrons. The third kappa shape index (κ3) is 4.70. The molecule has 2 rings (SSSR count). The Morgan fingerprint density at radius 2 is 1.26 bits per heavy atom. The summed E-state index contributed by atoms with van der Waals surface area (Å²) >= 11 is 0. The molecular formula is C12H10N4O7. The normalized spacial score (nSPS) is 9.43. The molecule has 11 heteroatoms. The average Bonchev–Trinajstić information content (AvgIpc) is 2.48. The fraction of sp³-hybridized carbons (Fsp3) is 0.0833. The van der Waals surface area contributed by atoms with Crippen molar-refractivity contribution in [1.29, 1.82) is 0 Å². The zero-order valence-electron chi connectivity index (χ0n) is 11.7. The van der Waals surface area contributed by atoms with Crippen LogP contribution < -0.4 is 9.67 Å². The Morgan fingerprint density at radius 3 is 1.52 bits per heavy atom. The highest BCUT2D eigenvalue weighted by Gasteiger charge is 2.24. The highest BCUT2D eigenvalue weighted by atomic mass is 16.6. The van der Waals surface area contributed by atoms with Gasteiger partial charge in [-0.15, -0.1) is 0 Å². The van der Waals surface area contributed by atoms with E-state index in [0.717, 1.165) is 0 Å². The fourth-order valence-electron chi connectivity index (χ4n) is 1.45. The van der Waals surface area contributed by atoms with Gasteiger partial charge in [0.1, 0.15) is 7.05 Å². The summed E-state index contributed by atoms with van der Waals surface area (Å²) in [6.07, 6.45) is 4.00. The van der Waals surface area contributed by atoms with Gasteiger partial charge in [0.2, 0.25) is 0 Å². The van der Waals surface area contributed by atoms with Gasteiger partial charge < -0.3 is 5.11 Å². The molecule has 11 nitrogen and oxygen atoms in total. The van der Waals surface area contributed by atoms with Crippen molar-refractivity contribution < 1.29 is 24.4 Å². The Hall–Kier alpha value is -3.63. The van der Waals surface area contributed by atoms with E-state index in [-0.39, 0.29) is 0 Å². The Labute approximate surface area is 128 Å². The third-order valence-electron chi connectivity index (χ3n) is 2.50. The molecule has 0 aliphatic carbocycles. The van der Waals surface area contributed by atoms with Crippen LogP contribution >= 0.6 is 0 Å². The molecule has 0 spiro atoms. The van der Waals surface area contributed by atoms with Gasteiger partial charge in [-0.3, -0.25) is 30.3 Å². The molecule has 0 unspecified atom stereocenters. The van der Waals surface area contributed by atoms with Gasteiger partial charge in [0.15, 0.2) is 12.4 Å². The van der Waals surface area contributed by atoms with Crippen molar-refractivity contribution in [1.82, 2.24) is 0 Å². The Morgan fingerprint density at radius 1 is 0.826 bits per heavy atom. The van der Waals surface area contributed by atoms with E-state index in [2.05, 4.69) is 0 Å². The van der Waals surface area contributed by atoms with Crippen molar-refractivity contribution in [2.45, 2.75) is 0 Å². The standard InChI is InChI=1S/C6H3N3O7.C6H8N/c10-6-4(8(13)14)1-3(7(11)12)2-5(6)9(15)16;1-7-5-3-2-4-6-7/h1-2,10H;2-6H,1H3/q;+1/p-1. The first-order valence-electron chi connectivity index (χ1n) is 5.92. The van der Waals surface area contributed by atoms with E-state index >= 15 is 0 Å². The number of nitro benzene ring substituents is 3. The molecule has 1 heterocycles. The molecule has 0 N–H and O–H groups in total. The van der Waals surface area contributed by atoms with E-state index in [1.54, 1.807) is 0 Å². The van der Waals surface area contributed by atoms with Crippen LogP contribution in [0.1, 0.15) is 0 Å². The molecule has 2 aromatic rings. The van der Waals surface area contributed by atoms with Crippen LogP contribution in [0.4, 0.5) is 17.1 Å². The molecule has 1 aromatic heterocycles. The lowest BCUT2D eigenvalue weighted by molar-refractivity contribution is -0.671. The number of rotatable bonds is 3. The zero-order valence-corrected chi connectivity index (χ0v) is 11.7. The second-order valence-corrected chi connectivity index (χ2v) is 4.13. The minimum atomic E-state index is -1.46. The minimum Gasteiger partial charge on any atom is -0.863 e. The second-order valence-electron chi connectivity index (χ2n) is 4.13. The van der Waals surface area contributed by atoms with Crippen molar-refractivity contribution in [2.75, 3.05) is 0 Å². The lowest BCUT2D eigenvalue weighted by Gasteiger charge is -2.06. The average molecular weight is 322 g/mol. The molecule has 0 bridgehead atoms. The molecule has 0 atom stereocenters. The number of nitrogens with zero attached hydrogens (tertiary/aromatic N) is 4. The lowest BCUT2D eigenvalue weighted by Crippen LogP contribution is -2.25. The van der Waals surface area contributed by atoms with E-state index in [1.165, 1.54) is 0 Å². The molecule has 120 valence electrons. The van der Waals surface area contributed by atoms with Crippen LogP contribution in [0.5, 0.6) is 5.75 Å². The van der Waals surface area contributed by atoms with E-state index in [4.69, 9.17) is 0 Å². The van der Waals surface area contributed by atoms with Crippen molar-refractivity contribution in [3.63, 3.8) is 0 Å². The number of aryl methyl sites for hydroxylation is 1. The van der Waals surface area contributed by atoms with Gasteiger partial charge >= 0.3 is 0 Å². The monoisotopic (exact) mass is 322 g/mol. The summed E-state index contributed by atoms with van der Waals surface area (Å²) in [5, 5.41) is 42.1. The van der Waals surface area contributed by atoms with E-state index in [1.807, 2.05) is 42.2 Å². The predicted octanol–water partition coefficient (Wildman–Crippen LogP) is 0.996. The molecule has 0 fully saturated rings. The topological polar surface area (TPSA) is 156 Å². The van der Waals surface area contributed by atoms with Gasteiger partial charge in [0.25, 0.3) is 17.1 Å². The Balaban J connectivity index is 0.000000313. The molecule has 0 amide bonds. The second kappa shape index (κ2) is 7.40. The van der Waals surface area contributed by atoms with Crippen molar-refractivity contribution in [3.05, 3.63) is 73.1 Å². The van der Waals surface area contributed by atoms with Gasteiger partial charge in [-0.2, -0.15) is 0 Å². The summed E-state index contributed by atoms with van der Waals surface area (Å²) in [5.41, 5.74) is -3.26.